The van der Waals surface area contributed by atoms with E-state index in [1.807, 2.05) is 12.1 Å². The van der Waals surface area contributed by atoms with Gasteiger partial charge in [-0.25, -0.2) is 9.18 Å². The van der Waals surface area contributed by atoms with Gasteiger partial charge in [-0.05, 0) is 54.6 Å². The number of rotatable bonds is 5. The van der Waals surface area contributed by atoms with Crippen molar-refractivity contribution in [2.24, 2.45) is 5.92 Å². The van der Waals surface area contributed by atoms with Gasteiger partial charge in [0.25, 0.3) is 0 Å². The van der Waals surface area contributed by atoms with Crippen LogP contribution < -0.4 is 0 Å². The Morgan fingerprint density at radius 2 is 2.00 bits per heavy atom. The number of β-amino-alcohol motifs (C(OH)–C–C–N with tert-alkyl or cyclic N) is 1. The van der Waals surface area contributed by atoms with Crippen molar-refractivity contribution in [1.29, 1.82) is 0 Å². The average molecular weight is 343 g/mol. The third-order valence-electron chi connectivity index (χ3n) is 4.83. The predicted molar refractivity (Wildman–Crippen MR) is 92.9 cm³/mol. The fraction of sp³-hybridized carbons (Fsp3) is 0.350. The van der Waals surface area contributed by atoms with Crippen LogP contribution in [0, 0.1) is 11.7 Å². The van der Waals surface area contributed by atoms with Crippen molar-refractivity contribution in [3.8, 4) is 0 Å². The minimum Gasteiger partial charge on any atom is -0.478 e. The molecule has 0 radical (unpaired) electrons. The Bertz CT molecular complexity index is 749. The summed E-state index contributed by atoms with van der Waals surface area (Å²) >= 11 is 0. The molecular formula is C20H22FNO3. The third kappa shape index (κ3) is 4.44. The highest BCUT2D eigenvalue weighted by Gasteiger charge is 2.28. The van der Waals surface area contributed by atoms with Crippen LogP contribution in [0.25, 0.3) is 0 Å². The Hall–Kier alpha value is -2.24. The normalized spacial score (nSPS) is 21.2. The Kier molecular flexibility index (Phi) is 5.46. The molecule has 0 aliphatic carbocycles. The molecule has 2 atom stereocenters. The van der Waals surface area contributed by atoms with E-state index in [9.17, 15) is 14.3 Å². The molecule has 0 bridgehead atoms. The summed E-state index contributed by atoms with van der Waals surface area (Å²) in [6.45, 7) is 1.91. The molecule has 2 N–H and O–H groups in total. The fourth-order valence-electron chi connectivity index (χ4n) is 3.43. The van der Waals surface area contributed by atoms with E-state index in [1.165, 1.54) is 6.07 Å². The number of piperidine rings is 1. The fourth-order valence-corrected chi connectivity index (χ4v) is 3.43. The van der Waals surface area contributed by atoms with Crippen molar-refractivity contribution in [1.82, 2.24) is 4.90 Å². The van der Waals surface area contributed by atoms with Crippen LogP contribution in [0.5, 0.6) is 0 Å². The molecule has 1 heterocycles. The average Bonchev–Trinajstić information content (AvgIpc) is 2.59. The lowest BCUT2D eigenvalue weighted by Gasteiger charge is -2.36. The van der Waals surface area contributed by atoms with E-state index >= 15 is 0 Å². The summed E-state index contributed by atoms with van der Waals surface area (Å²) in [7, 11) is 0. The van der Waals surface area contributed by atoms with Gasteiger partial charge >= 0.3 is 5.97 Å². The molecule has 4 nitrogen and oxygen atoms in total. The van der Waals surface area contributed by atoms with Gasteiger partial charge in [0.05, 0.1) is 11.7 Å². The van der Waals surface area contributed by atoms with Gasteiger partial charge in [-0.15, -0.1) is 0 Å². The highest BCUT2D eigenvalue weighted by molar-refractivity contribution is 5.87. The lowest BCUT2D eigenvalue weighted by atomic mass is 9.87. The van der Waals surface area contributed by atoms with Gasteiger partial charge in [0.1, 0.15) is 5.82 Å². The molecule has 1 saturated heterocycles. The number of benzene rings is 2. The molecule has 0 unspecified atom stereocenters. The molecule has 1 aliphatic rings. The molecule has 0 amide bonds. The summed E-state index contributed by atoms with van der Waals surface area (Å²) in [4.78, 5) is 13.2. The van der Waals surface area contributed by atoms with Gasteiger partial charge in [-0.1, -0.05) is 30.3 Å². The molecule has 132 valence electrons. The third-order valence-corrected chi connectivity index (χ3v) is 4.83. The minimum atomic E-state index is -0.939. The molecular weight excluding hydrogens is 321 g/mol. The summed E-state index contributed by atoms with van der Waals surface area (Å²) in [5.41, 5.74) is 1.83. The number of carbonyl (C=O) groups is 1. The first-order chi connectivity index (χ1) is 12.0. The highest BCUT2D eigenvalue weighted by Crippen LogP contribution is 2.24. The molecule has 2 aromatic carbocycles. The first kappa shape index (κ1) is 17.6. The van der Waals surface area contributed by atoms with Crippen LogP contribution in [-0.4, -0.2) is 40.3 Å². The van der Waals surface area contributed by atoms with Gasteiger partial charge < -0.3 is 10.2 Å². The van der Waals surface area contributed by atoms with E-state index in [2.05, 4.69) is 4.90 Å². The molecule has 1 aliphatic heterocycles. The maximum Gasteiger partial charge on any atom is 0.335 e. The van der Waals surface area contributed by atoms with Crippen LogP contribution in [-0.2, 0) is 13.0 Å². The quantitative estimate of drug-likeness (QED) is 0.876. The first-order valence-corrected chi connectivity index (χ1v) is 8.49. The minimum absolute atomic E-state index is 0.0403. The van der Waals surface area contributed by atoms with Crippen molar-refractivity contribution < 1.29 is 19.4 Å². The van der Waals surface area contributed by atoms with Crippen molar-refractivity contribution in [2.45, 2.75) is 25.5 Å². The molecule has 2 aromatic rings. The number of aromatic carboxylic acids is 1. The zero-order chi connectivity index (χ0) is 17.8. The summed E-state index contributed by atoms with van der Waals surface area (Å²) in [6, 6.07) is 13.6. The second-order valence-electron chi connectivity index (χ2n) is 6.65. The summed E-state index contributed by atoms with van der Waals surface area (Å²) < 4.78 is 13.8. The van der Waals surface area contributed by atoms with E-state index < -0.39 is 12.1 Å². The van der Waals surface area contributed by atoms with Crippen molar-refractivity contribution in [2.75, 3.05) is 13.1 Å². The maximum absolute atomic E-state index is 13.8. The van der Waals surface area contributed by atoms with Crippen LogP contribution in [0.4, 0.5) is 4.39 Å². The highest BCUT2D eigenvalue weighted by atomic mass is 19.1. The van der Waals surface area contributed by atoms with Crippen molar-refractivity contribution in [3.05, 3.63) is 71.0 Å². The number of carboxylic acids is 1. The van der Waals surface area contributed by atoms with E-state index in [4.69, 9.17) is 5.11 Å². The maximum atomic E-state index is 13.8. The van der Waals surface area contributed by atoms with E-state index in [1.54, 1.807) is 30.3 Å². The number of likely N-dealkylation sites (tertiary alicyclic amines) is 1. The number of hydrogen-bond acceptors (Lipinski definition) is 3. The van der Waals surface area contributed by atoms with Crippen LogP contribution in [0.3, 0.4) is 0 Å². The number of aliphatic hydroxyl groups is 1. The Morgan fingerprint density at radius 3 is 2.72 bits per heavy atom. The van der Waals surface area contributed by atoms with Crippen LogP contribution in [0.2, 0.25) is 0 Å². The van der Waals surface area contributed by atoms with E-state index in [0.717, 1.165) is 18.5 Å². The van der Waals surface area contributed by atoms with Crippen LogP contribution in [0.1, 0.15) is 27.9 Å². The second kappa shape index (κ2) is 7.76. The predicted octanol–water partition coefficient (Wildman–Crippen LogP) is 2.95. The zero-order valence-electron chi connectivity index (χ0n) is 13.9. The monoisotopic (exact) mass is 343 g/mol. The summed E-state index contributed by atoms with van der Waals surface area (Å²) in [6.07, 6.45) is 0.806. The topological polar surface area (TPSA) is 60.8 Å². The van der Waals surface area contributed by atoms with Gasteiger partial charge in [-0.2, -0.15) is 0 Å². The number of carboxylic acid groups (broad SMARTS) is 1. The lowest BCUT2D eigenvalue weighted by molar-refractivity contribution is 0.0184. The van der Waals surface area contributed by atoms with Gasteiger partial charge in [0.15, 0.2) is 0 Å². The van der Waals surface area contributed by atoms with E-state index in [0.29, 0.717) is 25.1 Å². The van der Waals surface area contributed by atoms with Gasteiger partial charge in [0, 0.05) is 13.1 Å². The standard InChI is InChI=1S/C20H22FNO3/c21-18-7-2-1-5-15(18)11-16-8-9-22(13-19(16)23)12-14-4-3-6-17(10-14)20(24)25/h1-7,10,16,19,23H,8-9,11-13H2,(H,24,25)/t16-,19+/m1/s1. The largest absolute Gasteiger partial charge is 0.478 e. The molecule has 5 heteroatoms. The van der Waals surface area contributed by atoms with Crippen LogP contribution >= 0.6 is 0 Å². The Labute approximate surface area is 146 Å². The van der Waals surface area contributed by atoms with Gasteiger partial charge in [-0.3, -0.25) is 4.90 Å². The number of halogens is 1. The molecule has 0 saturated carbocycles. The van der Waals surface area contributed by atoms with Gasteiger partial charge in [0.2, 0.25) is 0 Å². The van der Waals surface area contributed by atoms with Crippen molar-refractivity contribution >= 4 is 5.97 Å². The second-order valence-corrected chi connectivity index (χ2v) is 6.65. The number of hydrogen-bond donors (Lipinski definition) is 2. The number of nitrogens with zero attached hydrogens (tertiary/aromatic N) is 1. The molecule has 0 spiro atoms. The van der Waals surface area contributed by atoms with Crippen LogP contribution in [0.15, 0.2) is 48.5 Å². The Balaban J connectivity index is 1.59. The smallest absolute Gasteiger partial charge is 0.335 e. The zero-order valence-corrected chi connectivity index (χ0v) is 13.9. The number of aliphatic hydroxyl groups excluding tert-OH is 1. The molecule has 25 heavy (non-hydrogen) atoms. The first-order valence-electron chi connectivity index (χ1n) is 8.49. The lowest BCUT2D eigenvalue weighted by Crippen LogP contribution is -2.44. The van der Waals surface area contributed by atoms with E-state index in [-0.39, 0.29) is 17.3 Å². The molecule has 1 fully saturated rings. The summed E-state index contributed by atoms with van der Waals surface area (Å²) in [5, 5.41) is 19.5. The summed E-state index contributed by atoms with van der Waals surface area (Å²) in [5.74, 6) is -1.12. The van der Waals surface area contributed by atoms with Crippen molar-refractivity contribution in [3.63, 3.8) is 0 Å². The SMILES string of the molecule is O=C(O)c1cccc(CN2CC[C@H](Cc3ccccc3F)[C@@H](O)C2)c1. The molecule has 3 rings (SSSR count). The Morgan fingerprint density at radius 1 is 1.20 bits per heavy atom. The molecule has 0 aromatic heterocycles.